The largest absolute Gasteiger partial charge is 0.458 e. The number of terminal acetylenes is 1. The van der Waals surface area contributed by atoms with Crippen molar-refractivity contribution in [2.45, 2.75) is 77.3 Å². The average Bonchev–Trinajstić information content (AvgIpc) is 2.92. The number of esters is 1. The molecule has 0 saturated heterocycles. The molecule has 0 aliphatic heterocycles. The van der Waals surface area contributed by atoms with Gasteiger partial charge in [0.15, 0.2) is 0 Å². The lowest BCUT2D eigenvalue weighted by Gasteiger charge is -2.31. The number of aliphatic hydroxyl groups excluding tert-OH is 1. The second kappa shape index (κ2) is 15.0. The molecule has 0 spiro atoms. The molecule has 0 fully saturated rings. The highest BCUT2D eigenvalue weighted by molar-refractivity contribution is 5.95. The molecule has 2 aromatic rings. The molecule has 10 nitrogen and oxygen atoms in total. The molecule has 230 valence electrons. The van der Waals surface area contributed by atoms with Gasteiger partial charge in [-0.25, -0.2) is 9.59 Å². The van der Waals surface area contributed by atoms with Crippen LogP contribution >= 0.6 is 0 Å². The zero-order valence-corrected chi connectivity index (χ0v) is 25.5. The molecule has 0 bridgehead atoms. The van der Waals surface area contributed by atoms with Crippen molar-refractivity contribution in [3.63, 3.8) is 0 Å². The minimum absolute atomic E-state index is 0.102. The first-order chi connectivity index (χ1) is 20.1. The van der Waals surface area contributed by atoms with Crippen LogP contribution in [0.2, 0.25) is 0 Å². The number of ether oxygens (including phenoxy) is 2. The summed E-state index contributed by atoms with van der Waals surface area (Å²) in [5, 5.41) is 15.0. The Labute approximate surface area is 253 Å². The van der Waals surface area contributed by atoms with E-state index < -0.39 is 59.8 Å². The highest BCUT2D eigenvalue weighted by Crippen LogP contribution is 2.24. The summed E-state index contributed by atoms with van der Waals surface area (Å²) in [6.07, 6.45) is 6.48. The second-order valence-electron chi connectivity index (χ2n) is 11.8. The molecule has 0 radical (unpaired) electrons. The van der Waals surface area contributed by atoms with E-state index in [-0.39, 0.29) is 6.42 Å². The Balaban J connectivity index is 2.52. The highest BCUT2D eigenvalue weighted by Gasteiger charge is 2.38. The molecule has 10 heteroatoms. The van der Waals surface area contributed by atoms with E-state index >= 15 is 0 Å². The molecule has 0 heterocycles. The van der Waals surface area contributed by atoms with Crippen LogP contribution in [0.3, 0.4) is 0 Å². The molecule has 3 unspecified atom stereocenters. The first-order valence-electron chi connectivity index (χ1n) is 13.8. The molecule has 3 N–H and O–H groups in total. The van der Waals surface area contributed by atoms with E-state index in [2.05, 4.69) is 23.3 Å². The van der Waals surface area contributed by atoms with Gasteiger partial charge in [0.1, 0.15) is 29.3 Å². The van der Waals surface area contributed by atoms with Gasteiger partial charge in [0.05, 0.1) is 6.61 Å². The standard InChI is InChI=1S/C33H41N3O7/c1-9-22-17-14-18-24(19-22)27(36(10-2)29(39)26(21-37)35-31(41)43-33(6,7)8)28(38)34-25(30(40)42-32(3,4)5)20-23-15-12-11-13-16-23/h2,9,11-19,25-27,37H,1,20-21H2,3-8H3,(H,34,38)(H,35,41). The maximum atomic E-state index is 14.0. The van der Waals surface area contributed by atoms with E-state index in [1.54, 1.807) is 96.1 Å². The maximum Gasteiger partial charge on any atom is 0.408 e. The summed E-state index contributed by atoms with van der Waals surface area (Å²) in [7, 11) is 0. The van der Waals surface area contributed by atoms with Gasteiger partial charge in [-0.05, 0) is 64.3 Å². The lowest BCUT2D eigenvalue weighted by atomic mass is 9.99. The number of hydrogen-bond donors (Lipinski definition) is 3. The van der Waals surface area contributed by atoms with Crippen molar-refractivity contribution >= 4 is 30.0 Å². The summed E-state index contributed by atoms with van der Waals surface area (Å²) in [5.74, 6) is -2.41. The fraction of sp³-hybridized carbons (Fsp3) is 0.394. The van der Waals surface area contributed by atoms with E-state index in [1.165, 1.54) is 0 Å². The highest BCUT2D eigenvalue weighted by atomic mass is 16.6. The van der Waals surface area contributed by atoms with Crippen LogP contribution in [-0.2, 0) is 30.3 Å². The number of hydrogen-bond acceptors (Lipinski definition) is 7. The average molecular weight is 592 g/mol. The van der Waals surface area contributed by atoms with Crippen LogP contribution in [0.5, 0.6) is 0 Å². The van der Waals surface area contributed by atoms with Gasteiger partial charge in [0.2, 0.25) is 5.91 Å². The Bertz CT molecular complexity index is 1340. The number of carbonyl (C=O) groups is 4. The summed E-state index contributed by atoms with van der Waals surface area (Å²) in [6.45, 7) is 13.0. The van der Waals surface area contributed by atoms with Crippen molar-refractivity contribution in [1.82, 2.24) is 15.5 Å². The van der Waals surface area contributed by atoms with Crippen molar-refractivity contribution in [3.05, 3.63) is 77.9 Å². The molecule has 3 amide bonds. The first kappa shape index (κ1) is 34.6. The Kier molecular flexibility index (Phi) is 12.1. The van der Waals surface area contributed by atoms with Gasteiger partial charge < -0.3 is 25.2 Å². The molecule has 43 heavy (non-hydrogen) atoms. The second-order valence-corrected chi connectivity index (χ2v) is 11.8. The van der Waals surface area contributed by atoms with E-state index in [0.717, 1.165) is 10.5 Å². The van der Waals surface area contributed by atoms with Gasteiger partial charge in [-0.1, -0.05) is 67.6 Å². The predicted octanol–water partition coefficient (Wildman–Crippen LogP) is 3.74. The van der Waals surface area contributed by atoms with Crippen molar-refractivity contribution in [3.8, 4) is 12.5 Å². The fourth-order valence-corrected chi connectivity index (χ4v) is 4.01. The van der Waals surface area contributed by atoms with E-state index in [1.807, 2.05) is 6.07 Å². The van der Waals surface area contributed by atoms with Crippen molar-refractivity contribution in [1.29, 1.82) is 0 Å². The van der Waals surface area contributed by atoms with Crippen molar-refractivity contribution < 1.29 is 33.8 Å². The third-order valence-corrected chi connectivity index (χ3v) is 5.81. The minimum Gasteiger partial charge on any atom is -0.458 e. The molecule has 0 saturated carbocycles. The molecule has 3 atom stereocenters. The molecule has 2 rings (SSSR count). The van der Waals surface area contributed by atoms with E-state index in [4.69, 9.17) is 15.9 Å². The number of nitrogens with one attached hydrogen (secondary N) is 2. The predicted molar refractivity (Wildman–Crippen MR) is 163 cm³/mol. The lowest BCUT2D eigenvalue weighted by Crippen LogP contribution is -2.54. The number of rotatable bonds is 11. The summed E-state index contributed by atoms with van der Waals surface area (Å²) in [5.41, 5.74) is -0.00878. The van der Waals surface area contributed by atoms with Gasteiger partial charge in [0.25, 0.3) is 5.91 Å². The Morgan fingerprint density at radius 1 is 0.953 bits per heavy atom. The zero-order chi connectivity index (χ0) is 32.4. The van der Waals surface area contributed by atoms with Gasteiger partial charge in [-0.2, -0.15) is 0 Å². The molecule has 0 aromatic heterocycles. The monoisotopic (exact) mass is 591 g/mol. The van der Waals surface area contributed by atoms with Crippen LogP contribution < -0.4 is 10.6 Å². The van der Waals surface area contributed by atoms with Gasteiger partial charge in [-0.15, -0.1) is 0 Å². The minimum atomic E-state index is -1.53. The van der Waals surface area contributed by atoms with Gasteiger partial charge >= 0.3 is 12.1 Å². The number of alkyl carbamates (subject to hydrolysis) is 1. The van der Waals surface area contributed by atoms with E-state index in [0.29, 0.717) is 11.1 Å². The summed E-state index contributed by atoms with van der Waals surface area (Å²) >= 11 is 0. The summed E-state index contributed by atoms with van der Waals surface area (Å²) in [4.78, 5) is 54.1. The van der Waals surface area contributed by atoms with Crippen LogP contribution in [-0.4, -0.2) is 63.8 Å². The molecular weight excluding hydrogens is 550 g/mol. The molecular formula is C33H41N3O7. The van der Waals surface area contributed by atoms with Crippen molar-refractivity contribution in [2.24, 2.45) is 0 Å². The lowest BCUT2D eigenvalue weighted by molar-refractivity contribution is -0.159. The van der Waals surface area contributed by atoms with Crippen LogP contribution in [0.15, 0.2) is 61.2 Å². The number of benzene rings is 2. The smallest absolute Gasteiger partial charge is 0.408 e. The third-order valence-electron chi connectivity index (χ3n) is 5.81. The maximum absolute atomic E-state index is 14.0. The zero-order valence-electron chi connectivity index (χ0n) is 25.5. The van der Waals surface area contributed by atoms with E-state index in [9.17, 15) is 24.3 Å². The quantitative estimate of drug-likeness (QED) is 0.206. The Morgan fingerprint density at radius 2 is 1.58 bits per heavy atom. The van der Waals surface area contributed by atoms with Gasteiger partial charge in [-0.3, -0.25) is 14.5 Å². The number of carbonyl (C=O) groups excluding carboxylic acids is 4. The number of aliphatic hydroxyl groups is 1. The fourth-order valence-electron chi connectivity index (χ4n) is 4.01. The Hall–Kier alpha value is -4.62. The summed E-state index contributed by atoms with van der Waals surface area (Å²) < 4.78 is 10.8. The third kappa shape index (κ3) is 10.9. The first-order valence-corrected chi connectivity index (χ1v) is 13.8. The molecule has 0 aliphatic carbocycles. The molecule has 2 aromatic carbocycles. The van der Waals surface area contributed by atoms with Crippen LogP contribution in [0, 0.1) is 12.5 Å². The van der Waals surface area contributed by atoms with Gasteiger partial charge in [0, 0.05) is 12.5 Å². The number of nitrogens with zero attached hydrogens (tertiary/aromatic N) is 1. The van der Waals surface area contributed by atoms with Crippen LogP contribution in [0.4, 0.5) is 4.79 Å². The summed E-state index contributed by atoms with van der Waals surface area (Å²) in [6, 6.07) is 13.7. The SMILES string of the molecule is C#CN(C(=O)C(CO)NC(=O)OC(C)(C)C)C(C(=O)NC(Cc1ccccc1)C(=O)OC(C)(C)C)c1cccc(C=C)c1. The number of amides is 3. The topological polar surface area (TPSA) is 134 Å². The van der Waals surface area contributed by atoms with Crippen LogP contribution in [0.25, 0.3) is 6.08 Å². The Morgan fingerprint density at radius 3 is 2.12 bits per heavy atom. The van der Waals surface area contributed by atoms with Crippen molar-refractivity contribution in [2.75, 3.05) is 6.61 Å². The normalized spacial score (nSPS) is 13.3. The molecule has 0 aliphatic rings. The van der Waals surface area contributed by atoms with Crippen LogP contribution in [0.1, 0.15) is 64.3 Å².